The van der Waals surface area contributed by atoms with E-state index in [4.69, 9.17) is 4.43 Å². The van der Waals surface area contributed by atoms with E-state index < -0.39 is 8.32 Å². The Bertz CT molecular complexity index is 526. The molecule has 2 rings (SSSR count). The average Bonchev–Trinajstić information content (AvgIpc) is 2.40. The summed E-state index contributed by atoms with van der Waals surface area (Å²) in [4.78, 5) is 12.2. The topological polar surface area (TPSA) is 26.3 Å². The van der Waals surface area contributed by atoms with Crippen LogP contribution in [0.2, 0.25) is 18.1 Å². The molecule has 21 heavy (non-hydrogen) atoms. The second kappa shape index (κ2) is 5.89. The number of allylic oxidation sites excluding steroid dienone is 1. The monoisotopic (exact) mass is 302 g/mol. The third-order valence-corrected chi connectivity index (χ3v) is 9.25. The predicted octanol–water partition coefficient (Wildman–Crippen LogP) is 4.69. The van der Waals surface area contributed by atoms with Crippen LogP contribution in [0.1, 0.15) is 38.7 Å². The summed E-state index contributed by atoms with van der Waals surface area (Å²) >= 11 is 0. The van der Waals surface area contributed by atoms with Crippen molar-refractivity contribution in [1.29, 1.82) is 0 Å². The molecule has 0 aliphatic heterocycles. The summed E-state index contributed by atoms with van der Waals surface area (Å²) in [6.07, 6.45) is 4.46. The van der Waals surface area contributed by atoms with Gasteiger partial charge >= 0.3 is 0 Å². The van der Waals surface area contributed by atoms with Gasteiger partial charge in [0, 0.05) is 5.92 Å². The molecule has 2 nitrogen and oxygen atoms in total. The van der Waals surface area contributed by atoms with Gasteiger partial charge in [0.1, 0.15) is 0 Å². The molecule has 0 radical (unpaired) electrons. The van der Waals surface area contributed by atoms with Gasteiger partial charge in [0.2, 0.25) is 0 Å². The SMILES string of the molecule is CC(C)(C)[Si](C)(C)O[C@H]1C=CC(=O)[C@H](c2ccccc2)C1. The van der Waals surface area contributed by atoms with Crippen LogP contribution in [0.4, 0.5) is 0 Å². The molecule has 0 fully saturated rings. The number of hydrogen-bond donors (Lipinski definition) is 0. The van der Waals surface area contributed by atoms with E-state index in [0.29, 0.717) is 0 Å². The summed E-state index contributed by atoms with van der Waals surface area (Å²) < 4.78 is 6.44. The largest absolute Gasteiger partial charge is 0.411 e. The van der Waals surface area contributed by atoms with Crippen molar-refractivity contribution in [1.82, 2.24) is 0 Å². The maximum Gasteiger partial charge on any atom is 0.192 e. The minimum atomic E-state index is -1.81. The van der Waals surface area contributed by atoms with Crippen LogP contribution in [0.5, 0.6) is 0 Å². The summed E-state index contributed by atoms with van der Waals surface area (Å²) in [5.41, 5.74) is 1.09. The van der Waals surface area contributed by atoms with E-state index in [9.17, 15) is 4.79 Å². The van der Waals surface area contributed by atoms with Crippen molar-refractivity contribution in [2.45, 2.75) is 57.3 Å². The zero-order valence-electron chi connectivity index (χ0n) is 13.7. The number of ketones is 1. The van der Waals surface area contributed by atoms with E-state index in [0.717, 1.165) is 12.0 Å². The summed E-state index contributed by atoms with van der Waals surface area (Å²) in [5.74, 6) is 0.127. The van der Waals surface area contributed by atoms with Crippen LogP contribution in [0.25, 0.3) is 0 Å². The number of carbonyl (C=O) groups excluding carboxylic acids is 1. The molecule has 2 atom stereocenters. The molecule has 1 aromatic carbocycles. The van der Waals surface area contributed by atoms with Crippen molar-refractivity contribution < 1.29 is 9.22 Å². The zero-order valence-corrected chi connectivity index (χ0v) is 14.7. The Labute approximate surface area is 129 Å². The Morgan fingerprint density at radius 2 is 1.76 bits per heavy atom. The first-order chi connectivity index (χ1) is 9.71. The number of rotatable bonds is 3. The van der Waals surface area contributed by atoms with Crippen LogP contribution in [0.15, 0.2) is 42.5 Å². The van der Waals surface area contributed by atoms with E-state index in [1.54, 1.807) is 6.08 Å². The van der Waals surface area contributed by atoms with Gasteiger partial charge in [-0.15, -0.1) is 0 Å². The van der Waals surface area contributed by atoms with Gasteiger partial charge in [-0.05, 0) is 36.2 Å². The van der Waals surface area contributed by atoms with E-state index >= 15 is 0 Å². The summed E-state index contributed by atoms with van der Waals surface area (Å²) in [6.45, 7) is 11.2. The van der Waals surface area contributed by atoms with Gasteiger partial charge in [0.15, 0.2) is 14.1 Å². The van der Waals surface area contributed by atoms with Gasteiger partial charge in [-0.3, -0.25) is 4.79 Å². The molecule has 0 saturated carbocycles. The van der Waals surface area contributed by atoms with E-state index in [1.165, 1.54) is 0 Å². The van der Waals surface area contributed by atoms with Gasteiger partial charge in [-0.1, -0.05) is 57.2 Å². The molecule has 0 spiro atoms. The first kappa shape index (κ1) is 16.2. The predicted molar refractivity (Wildman–Crippen MR) is 90.0 cm³/mol. The first-order valence-electron chi connectivity index (χ1n) is 7.65. The lowest BCUT2D eigenvalue weighted by molar-refractivity contribution is -0.117. The van der Waals surface area contributed by atoms with Gasteiger partial charge in [-0.25, -0.2) is 0 Å². The maximum atomic E-state index is 12.2. The fraction of sp³-hybridized carbons (Fsp3) is 0.500. The molecular formula is C18H26O2Si. The Hall–Kier alpha value is -1.19. The van der Waals surface area contributed by atoms with Crippen LogP contribution in [0.3, 0.4) is 0 Å². The second-order valence-electron chi connectivity index (χ2n) is 7.38. The third-order valence-electron chi connectivity index (χ3n) is 4.74. The van der Waals surface area contributed by atoms with Crippen LogP contribution >= 0.6 is 0 Å². The Balaban J connectivity index is 2.15. The maximum absolute atomic E-state index is 12.2. The van der Waals surface area contributed by atoms with E-state index in [2.05, 4.69) is 33.9 Å². The highest BCUT2D eigenvalue weighted by molar-refractivity contribution is 6.74. The van der Waals surface area contributed by atoms with Gasteiger partial charge in [-0.2, -0.15) is 0 Å². The Morgan fingerprint density at radius 1 is 1.14 bits per heavy atom. The molecule has 0 saturated heterocycles. The number of hydrogen-bond acceptors (Lipinski definition) is 2. The van der Waals surface area contributed by atoms with Crippen LogP contribution in [0, 0.1) is 0 Å². The first-order valence-corrected chi connectivity index (χ1v) is 10.6. The lowest BCUT2D eigenvalue weighted by Crippen LogP contribution is -2.44. The summed E-state index contributed by atoms with van der Waals surface area (Å²) in [7, 11) is -1.81. The zero-order chi connectivity index (χ0) is 15.7. The van der Waals surface area contributed by atoms with Gasteiger partial charge in [0.25, 0.3) is 0 Å². The minimum absolute atomic E-state index is 0.0498. The van der Waals surface area contributed by atoms with E-state index in [1.807, 2.05) is 36.4 Å². The van der Waals surface area contributed by atoms with Crippen LogP contribution in [-0.2, 0) is 9.22 Å². The molecule has 0 unspecified atom stereocenters. The van der Waals surface area contributed by atoms with Crippen molar-refractivity contribution in [3.8, 4) is 0 Å². The fourth-order valence-electron chi connectivity index (χ4n) is 2.37. The van der Waals surface area contributed by atoms with E-state index in [-0.39, 0.29) is 22.8 Å². The smallest absolute Gasteiger partial charge is 0.192 e. The number of benzene rings is 1. The lowest BCUT2D eigenvalue weighted by Gasteiger charge is -2.40. The molecule has 0 amide bonds. The highest BCUT2D eigenvalue weighted by Gasteiger charge is 2.40. The lowest BCUT2D eigenvalue weighted by atomic mass is 9.85. The van der Waals surface area contributed by atoms with Crippen molar-refractivity contribution in [3.63, 3.8) is 0 Å². The Kier molecular flexibility index (Phi) is 4.54. The second-order valence-corrected chi connectivity index (χ2v) is 12.1. The summed E-state index contributed by atoms with van der Waals surface area (Å²) in [5, 5.41) is 0.185. The van der Waals surface area contributed by atoms with Crippen molar-refractivity contribution in [2.75, 3.05) is 0 Å². The summed E-state index contributed by atoms with van der Waals surface area (Å²) in [6, 6.07) is 10.0. The molecule has 1 aliphatic carbocycles. The average molecular weight is 302 g/mol. The molecule has 3 heteroatoms. The van der Waals surface area contributed by atoms with Crippen LogP contribution < -0.4 is 0 Å². The Morgan fingerprint density at radius 3 is 2.33 bits per heavy atom. The molecule has 1 aliphatic rings. The standard InChI is InChI=1S/C18H26O2Si/c1-18(2,3)21(4,5)20-15-11-12-17(19)16(13-15)14-9-7-6-8-10-14/h6-12,15-16H,13H2,1-5H3/t15-,16-/m0/s1. The molecule has 0 heterocycles. The van der Waals surface area contributed by atoms with Crippen molar-refractivity contribution in [3.05, 3.63) is 48.0 Å². The molecule has 1 aromatic rings. The molecular weight excluding hydrogens is 276 g/mol. The molecule has 0 N–H and O–H groups in total. The minimum Gasteiger partial charge on any atom is -0.411 e. The highest BCUT2D eigenvalue weighted by Crippen LogP contribution is 2.39. The quantitative estimate of drug-likeness (QED) is 0.757. The van der Waals surface area contributed by atoms with Crippen LogP contribution in [-0.4, -0.2) is 20.2 Å². The van der Waals surface area contributed by atoms with Crippen molar-refractivity contribution in [2.24, 2.45) is 0 Å². The fourth-order valence-corrected chi connectivity index (χ4v) is 3.66. The highest BCUT2D eigenvalue weighted by atomic mass is 28.4. The molecule has 0 aromatic heterocycles. The number of carbonyl (C=O) groups is 1. The molecule has 0 bridgehead atoms. The normalized spacial score (nSPS) is 23.4. The van der Waals surface area contributed by atoms with Gasteiger partial charge < -0.3 is 4.43 Å². The molecule has 114 valence electrons. The third kappa shape index (κ3) is 3.72. The van der Waals surface area contributed by atoms with Gasteiger partial charge in [0.05, 0.1) is 6.10 Å². The van der Waals surface area contributed by atoms with Crippen molar-refractivity contribution >= 4 is 14.1 Å².